The van der Waals surface area contributed by atoms with Crippen molar-refractivity contribution in [1.82, 2.24) is 0 Å². The molecule has 0 aliphatic rings. The smallest absolute Gasteiger partial charge is 0.317 e. The minimum absolute atomic E-state index is 0.256. The Labute approximate surface area is 159 Å². The third-order valence-electron chi connectivity index (χ3n) is 3.62. The highest BCUT2D eigenvalue weighted by Gasteiger charge is 2.17. The van der Waals surface area contributed by atoms with E-state index in [1.165, 1.54) is 16.9 Å². The van der Waals surface area contributed by atoms with Gasteiger partial charge in [-0.05, 0) is 17.7 Å². The van der Waals surface area contributed by atoms with Crippen LogP contribution in [-0.4, -0.2) is 11.9 Å². The summed E-state index contributed by atoms with van der Waals surface area (Å²) < 4.78 is 0. The number of nitrogens with one attached hydrogen (secondary N) is 1. The van der Waals surface area contributed by atoms with Crippen LogP contribution in [0.5, 0.6) is 0 Å². The van der Waals surface area contributed by atoms with E-state index < -0.39 is 11.9 Å². The Kier molecular flexibility index (Phi) is 5.60. The van der Waals surface area contributed by atoms with Gasteiger partial charge in [0.1, 0.15) is 5.00 Å². The maximum absolute atomic E-state index is 11.7. The van der Waals surface area contributed by atoms with Crippen LogP contribution in [0.15, 0.2) is 65.6 Å². The molecule has 3 rings (SSSR count). The van der Waals surface area contributed by atoms with Crippen LogP contribution < -0.4 is 16.8 Å². The summed E-state index contributed by atoms with van der Waals surface area (Å²) in [5, 5.41) is 2.84. The first-order chi connectivity index (χ1) is 12.5. The first-order valence-corrected chi connectivity index (χ1v) is 9.61. The van der Waals surface area contributed by atoms with Crippen molar-refractivity contribution >= 4 is 40.0 Å². The fraction of sp³-hybridized carbons (Fsp3) is 0.0526. The third-order valence-corrected chi connectivity index (χ3v) is 5.85. The van der Waals surface area contributed by atoms with E-state index >= 15 is 0 Å². The summed E-state index contributed by atoms with van der Waals surface area (Å²) in [5.41, 5.74) is 13.1. The van der Waals surface area contributed by atoms with E-state index in [4.69, 9.17) is 11.5 Å². The number of urea groups is 1. The van der Waals surface area contributed by atoms with Crippen LogP contribution in [0.4, 0.5) is 9.80 Å². The number of hydrogen-bond donors (Lipinski definition) is 3. The van der Waals surface area contributed by atoms with E-state index in [1.807, 2.05) is 42.5 Å². The Morgan fingerprint density at radius 1 is 1.00 bits per heavy atom. The van der Waals surface area contributed by atoms with Crippen molar-refractivity contribution in [3.05, 3.63) is 71.8 Å². The van der Waals surface area contributed by atoms with Gasteiger partial charge in [0.05, 0.1) is 5.56 Å². The van der Waals surface area contributed by atoms with Gasteiger partial charge in [-0.2, -0.15) is 0 Å². The van der Waals surface area contributed by atoms with Gasteiger partial charge < -0.3 is 11.5 Å². The number of carbonyl (C=O) groups is 2. The molecule has 7 heteroatoms. The fourth-order valence-corrected chi connectivity index (χ4v) is 4.64. The molecule has 0 atom stereocenters. The van der Waals surface area contributed by atoms with Gasteiger partial charge in [-0.25, -0.2) is 4.79 Å². The summed E-state index contributed by atoms with van der Waals surface area (Å²) in [7, 11) is 0. The maximum atomic E-state index is 11.7. The van der Waals surface area contributed by atoms with Gasteiger partial charge in [-0.1, -0.05) is 48.5 Å². The number of thiophene rings is 1. The molecule has 0 saturated heterocycles. The molecule has 5 N–H and O–H groups in total. The molecule has 0 fully saturated rings. The zero-order valence-corrected chi connectivity index (χ0v) is 15.4. The maximum Gasteiger partial charge on any atom is 0.317 e. The number of primary amides is 2. The second-order valence-electron chi connectivity index (χ2n) is 5.48. The van der Waals surface area contributed by atoms with Gasteiger partial charge in [0.25, 0.3) is 5.91 Å². The Morgan fingerprint density at radius 2 is 1.69 bits per heavy atom. The van der Waals surface area contributed by atoms with Crippen LogP contribution in [0, 0.1) is 0 Å². The van der Waals surface area contributed by atoms with Crippen LogP contribution in [0.25, 0.3) is 10.4 Å². The normalized spacial score (nSPS) is 10.5. The van der Waals surface area contributed by atoms with Crippen molar-refractivity contribution in [1.29, 1.82) is 0 Å². The summed E-state index contributed by atoms with van der Waals surface area (Å²) in [6.45, 7) is 0. The number of hydrogen-bond acceptors (Lipinski definition) is 4. The molecule has 26 heavy (non-hydrogen) atoms. The van der Waals surface area contributed by atoms with Gasteiger partial charge in [0.15, 0.2) is 0 Å². The van der Waals surface area contributed by atoms with Gasteiger partial charge >= 0.3 is 6.03 Å². The van der Waals surface area contributed by atoms with E-state index in [0.717, 1.165) is 21.1 Å². The first kappa shape index (κ1) is 18.0. The second-order valence-corrected chi connectivity index (χ2v) is 7.55. The van der Waals surface area contributed by atoms with Crippen molar-refractivity contribution < 1.29 is 9.59 Å². The molecule has 0 saturated carbocycles. The SMILES string of the molecule is NC(=O)Nc1sc(-c2ccccc2SCc2ccccc2)cc1C(N)=O. The molecule has 0 aliphatic carbocycles. The van der Waals surface area contributed by atoms with E-state index in [9.17, 15) is 9.59 Å². The zero-order chi connectivity index (χ0) is 18.5. The highest BCUT2D eigenvalue weighted by molar-refractivity contribution is 7.98. The molecule has 132 valence electrons. The van der Waals surface area contributed by atoms with E-state index in [1.54, 1.807) is 17.8 Å². The van der Waals surface area contributed by atoms with Crippen molar-refractivity contribution in [2.45, 2.75) is 10.6 Å². The molecule has 1 aromatic heterocycles. The topological polar surface area (TPSA) is 98.2 Å². The van der Waals surface area contributed by atoms with E-state index in [0.29, 0.717) is 5.00 Å². The summed E-state index contributed by atoms with van der Waals surface area (Å²) in [4.78, 5) is 24.8. The summed E-state index contributed by atoms with van der Waals surface area (Å²) in [5.74, 6) is 0.226. The molecule has 0 bridgehead atoms. The predicted octanol–water partition coefficient (Wildman–Crippen LogP) is 4.30. The molecule has 2 aromatic carbocycles. The van der Waals surface area contributed by atoms with Gasteiger partial charge in [-0.15, -0.1) is 23.1 Å². The Bertz CT molecular complexity index is 939. The van der Waals surface area contributed by atoms with Crippen molar-refractivity contribution in [3.8, 4) is 10.4 Å². The lowest BCUT2D eigenvalue weighted by atomic mass is 10.1. The monoisotopic (exact) mass is 383 g/mol. The highest BCUT2D eigenvalue weighted by atomic mass is 32.2. The standard InChI is InChI=1S/C19H17N3O2S2/c20-17(23)14-10-16(26-18(14)22-19(21)24)13-8-4-5-9-15(13)25-11-12-6-2-1-3-7-12/h1-10H,11H2,(H2,20,23)(H3,21,22,24). The first-order valence-electron chi connectivity index (χ1n) is 7.81. The molecule has 0 radical (unpaired) electrons. The lowest BCUT2D eigenvalue weighted by molar-refractivity contribution is 0.100. The number of benzene rings is 2. The number of anilines is 1. The fourth-order valence-electron chi connectivity index (χ4n) is 2.44. The average Bonchev–Trinajstić information content (AvgIpc) is 3.04. The highest BCUT2D eigenvalue weighted by Crippen LogP contribution is 2.40. The molecule has 3 amide bonds. The summed E-state index contributed by atoms with van der Waals surface area (Å²) >= 11 is 2.99. The van der Waals surface area contributed by atoms with Gasteiger partial charge in [-0.3, -0.25) is 10.1 Å². The number of amides is 3. The number of rotatable bonds is 6. The van der Waals surface area contributed by atoms with Crippen LogP contribution in [-0.2, 0) is 5.75 Å². The minimum atomic E-state index is -0.729. The largest absolute Gasteiger partial charge is 0.366 e. The van der Waals surface area contributed by atoms with Crippen molar-refractivity contribution in [2.24, 2.45) is 11.5 Å². The molecular weight excluding hydrogens is 366 g/mol. The van der Waals surface area contributed by atoms with Crippen molar-refractivity contribution in [2.75, 3.05) is 5.32 Å². The zero-order valence-electron chi connectivity index (χ0n) is 13.8. The minimum Gasteiger partial charge on any atom is -0.366 e. The molecule has 0 unspecified atom stereocenters. The molecular formula is C19H17N3O2S2. The van der Waals surface area contributed by atoms with Crippen LogP contribution >= 0.6 is 23.1 Å². The Hall–Kier alpha value is -2.77. The Morgan fingerprint density at radius 3 is 2.38 bits per heavy atom. The van der Waals surface area contributed by atoms with Gasteiger partial charge in [0.2, 0.25) is 0 Å². The van der Waals surface area contributed by atoms with Crippen LogP contribution in [0.3, 0.4) is 0 Å². The number of thioether (sulfide) groups is 1. The van der Waals surface area contributed by atoms with Crippen LogP contribution in [0.2, 0.25) is 0 Å². The molecule has 3 aromatic rings. The lowest BCUT2D eigenvalue weighted by Gasteiger charge is -2.07. The molecule has 0 spiro atoms. The second kappa shape index (κ2) is 8.07. The summed E-state index contributed by atoms with van der Waals surface area (Å²) in [6.07, 6.45) is 0. The Balaban J connectivity index is 1.92. The lowest BCUT2D eigenvalue weighted by Crippen LogP contribution is -2.21. The van der Waals surface area contributed by atoms with E-state index in [2.05, 4.69) is 17.4 Å². The molecule has 1 heterocycles. The number of carbonyl (C=O) groups excluding carboxylic acids is 2. The van der Waals surface area contributed by atoms with Gasteiger partial charge in [0, 0.05) is 21.1 Å². The van der Waals surface area contributed by atoms with E-state index in [-0.39, 0.29) is 5.56 Å². The van der Waals surface area contributed by atoms with Crippen molar-refractivity contribution in [3.63, 3.8) is 0 Å². The van der Waals surface area contributed by atoms with Crippen LogP contribution in [0.1, 0.15) is 15.9 Å². The quantitative estimate of drug-likeness (QED) is 0.554. The third kappa shape index (κ3) is 4.25. The number of nitrogens with two attached hydrogens (primary N) is 2. The average molecular weight is 383 g/mol. The molecule has 0 aliphatic heterocycles. The predicted molar refractivity (Wildman–Crippen MR) is 107 cm³/mol. The summed E-state index contributed by atoms with van der Waals surface area (Å²) in [6, 6.07) is 19.1. The molecule has 5 nitrogen and oxygen atoms in total.